The predicted molar refractivity (Wildman–Crippen MR) is 148 cm³/mol. The Hall–Kier alpha value is -2.39. The molecule has 0 spiro atoms. The first kappa shape index (κ1) is 27.2. The zero-order valence-electron chi connectivity index (χ0n) is 23.4. The number of nitrogens with one attached hydrogen (secondary N) is 1. The van der Waals surface area contributed by atoms with E-state index >= 15 is 0 Å². The predicted octanol–water partition coefficient (Wildman–Crippen LogP) is 3.21. The number of ether oxygens (including phenoxy) is 1. The molecule has 1 aromatic carbocycles. The number of benzene rings is 1. The Labute approximate surface area is 226 Å². The summed E-state index contributed by atoms with van der Waals surface area (Å²) in [4.78, 5) is 25.6. The average molecular weight is 524 g/mol. The topological polar surface area (TPSA) is 60.9 Å². The van der Waals surface area contributed by atoms with Crippen LogP contribution in [0.2, 0.25) is 0 Å². The maximum absolute atomic E-state index is 13.9. The van der Waals surface area contributed by atoms with Crippen molar-refractivity contribution < 1.29 is 13.9 Å². The Morgan fingerprint density at radius 3 is 2.55 bits per heavy atom. The molecule has 0 aliphatic carbocycles. The van der Waals surface area contributed by atoms with Gasteiger partial charge in [0.1, 0.15) is 5.82 Å². The van der Waals surface area contributed by atoms with Gasteiger partial charge < -0.3 is 15.0 Å². The summed E-state index contributed by atoms with van der Waals surface area (Å²) in [6, 6.07) is 10.0. The largest absolute Gasteiger partial charge is 0.378 e. The Morgan fingerprint density at radius 1 is 1.13 bits per heavy atom. The molecule has 4 atom stereocenters. The van der Waals surface area contributed by atoms with E-state index in [-0.39, 0.29) is 23.2 Å². The van der Waals surface area contributed by atoms with Crippen molar-refractivity contribution in [1.29, 1.82) is 0 Å². The van der Waals surface area contributed by atoms with Crippen LogP contribution >= 0.6 is 0 Å². The van der Waals surface area contributed by atoms with Gasteiger partial charge in [-0.05, 0) is 56.5 Å². The molecule has 5 rings (SSSR count). The number of fused-ring (bicyclic) bond motifs is 1. The number of amides is 1. The fraction of sp³-hybridized carbons (Fsp3) is 0.600. The highest BCUT2D eigenvalue weighted by atomic mass is 19.1. The molecule has 1 aromatic heterocycles. The molecule has 2 fully saturated rings. The molecule has 3 aliphatic rings. The van der Waals surface area contributed by atoms with Crippen LogP contribution in [0.4, 0.5) is 10.1 Å². The highest BCUT2D eigenvalue weighted by molar-refractivity contribution is 5.97. The number of rotatable bonds is 6. The van der Waals surface area contributed by atoms with Gasteiger partial charge in [0.25, 0.3) is 0 Å². The Bertz CT molecular complexity index is 1130. The fourth-order valence-electron chi connectivity index (χ4n) is 6.24. The number of carbonyl (C=O) groups is 1. The number of hydrogen-bond donors (Lipinski definition) is 1. The number of aromatic nitrogens is 1. The van der Waals surface area contributed by atoms with Crippen LogP contribution in [0.1, 0.15) is 51.4 Å². The highest BCUT2D eigenvalue weighted by Crippen LogP contribution is 2.39. The van der Waals surface area contributed by atoms with E-state index in [1.165, 1.54) is 12.1 Å². The van der Waals surface area contributed by atoms with Crippen molar-refractivity contribution in [3.63, 3.8) is 0 Å². The molecule has 38 heavy (non-hydrogen) atoms. The van der Waals surface area contributed by atoms with Gasteiger partial charge in [-0.2, -0.15) is 0 Å². The van der Waals surface area contributed by atoms with Crippen LogP contribution in [0.5, 0.6) is 0 Å². The number of carbonyl (C=O) groups excluding carboxylic acids is 1. The molecule has 8 heteroatoms. The summed E-state index contributed by atoms with van der Waals surface area (Å²) < 4.78 is 19.1. The molecule has 4 heterocycles. The van der Waals surface area contributed by atoms with E-state index in [0.29, 0.717) is 37.6 Å². The minimum absolute atomic E-state index is 0.125. The molecule has 2 aromatic rings. The first-order valence-corrected chi connectivity index (χ1v) is 14.0. The number of nitrogens with zero attached hydrogens (tertiary/aromatic N) is 4. The van der Waals surface area contributed by atoms with Gasteiger partial charge in [0.2, 0.25) is 5.91 Å². The van der Waals surface area contributed by atoms with Crippen LogP contribution in [0.25, 0.3) is 0 Å². The second kappa shape index (κ2) is 11.0. The van der Waals surface area contributed by atoms with Crippen molar-refractivity contribution in [2.45, 2.75) is 70.6 Å². The number of anilines is 1. The molecule has 0 radical (unpaired) electrons. The molecule has 0 saturated carbocycles. The van der Waals surface area contributed by atoms with Gasteiger partial charge >= 0.3 is 0 Å². The van der Waals surface area contributed by atoms with Crippen LogP contribution < -0.4 is 10.2 Å². The van der Waals surface area contributed by atoms with Crippen molar-refractivity contribution in [2.24, 2.45) is 0 Å². The maximum Gasteiger partial charge on any atom is 0.241 e. The number of hydrogen-bond acceptors (Lipinski definition) is 6. The summed E-state index contributed by atoms with van der Waals surface area (Å²) in [6.45, 7) is 16.1. The third kappa shape index (κ3) is 5.78. The van der Waals surface area contributed by atoms with Crippen molar-refractivity contribution in [1.82, 2.24) is 20.1 Å². The van der Waals surface area contributed by atoms with Gasteiger partial charge in [0, 0.05) is 62.0 Å². The van der Waals surface area contributed by atoms with Crippen LogP contribution in [0.3, 0.4) is 0 Å². The molecule has 3 aliphatic heterocycles. The molecular weight excluding hydrogens is 481 g/mol. The smallest absolute Gasteiger partial charge is 0.241 e. The third-order valence-electron chi connectivity index (χ3n) is 8.37. The standard InChI is InChI=1S/C30H42FN5O2/c1-20-14-34(26(13-32-20)15-35-21(2)17-38-18-22(35)3)16-28(37)36-19-30(4,5)29-27(36)11-24(12-33-29)10-23-6-8-25(31)9-7-23/h6-9,11-12,20-22,26,32H,10,13-19H2,1-5H3/t20-,21-,22-,26-/m1/s1. The van der Waals surface area contributed by atoms with E-state index < -0.39 is 0 Å². The first-order chi connectivity index (χ1) is 18.1. The fourth-order valence-corrected chi connectivity index (χ4v) is 6.24. The summed E-state index contributed by atoms with van der Waals surface area (Å²) in [6.07, 6.45) is 2.55. The van der Waals surface area contributed by atoms with Crippen molar-refractivity contribution in [2.75, 3.05) is 50.8 Å². The van der Waals surface area contributed by atoms with E-state index in [2.05, 4.69) is 55.8 Å². The van der Waals surface area contributed by atoms with Gasteiger partial charge in [-0.1, -0.05) is 26.0 Å². The summed E-state index contributed by atoms with van der Waals surface area (Å²) in [5, 5.41) is 3.63. The van der Waals surface area contributed by atoms with Gasteiger partial charge in [-0.15, -0.1) is 0 Å². The second-order valence-corrected chi connectivity index (χ2v) is 12.2. The number of halogens is 1. The van der Waals surface area contributed by atoms with Crippen LogP contribution in [-0.2, 0) is 21.4 Å². The van der Waals surface area contributed by atoms with E-state index in [4.69, 9.17) is 9.72 Å². The van der Waals surface area contributed by atoms with Crippen molar-refractivity contribution >= 4 is 11.6 Å². The highest BCUT2D eigenvalue weighted by Gasteiger charge is 2.41. The zero-order valence-corrected chi connectivity index (χ0v) is 23.4. The van der Waals surface area contributed by atoms with Gasteiger partial charge in [0.15, 0.2) is 0 Å². The van der Waals surface area contributed by atoms with Gasteiger partial charge in [-0.25, -0.2) is 4.39 Å². The summed E-state index contributed by atoms with van der Waals surface area (Å²) >= 11 is 0. The molecule has 2 saturated heterocycles. The lowest BCUT2D eigenvalue weighted by Gasteiger charge is -2.46. The Morgan fingerprint density at radius 2 is 1.84 bits per heavy atom. The van der Waals surface area contributed by atoms with E-state index in [1.807, 2.05) is 11.1 Å². The quantitative estimate of drug-likeness (QED) is 0.628. The van der Waals surface area contributed by atoms with Crippen LogP contribution in [-0.4, -0.2) is 90.8 Å². The van der Waals surface area contributed by atoms with Crippen molar-refractivity contribution in [3.8, 4) is 0 Å². The normalized spacial score (nSPS) is 27.9. The van der Waals surface area contributed by atoms with E-state index in [9.17, 15) is 9.18 Å². The summed E-state index contributed by atoms with van der Waals surface area (Å²) in [5.41, 5.74) is 3.71. The van der Waals surface area contributed by atoms with Crippen LogP contribution in [0, 0.1) is 5.82 Å². The minimum Gasteiger partial charge on any atom is -0.378 e. The number of pyridine rings is 1. The Kier molecular flexibility index (Phi) is 7.87. The average Bonchev–Trinajstić information content (AvgIpc) is 3.14. The van der Waals surface area contributed by atoms with Crippen molar-refractivity contribution in [3.05, 3.63) is 59.2 Å². The van der Waals surface area contributed by atoms with Gasteiger partial charge in [-0.3, -0.25) is 19.6 Å². The first-order valence-electron chi connectivity index (χ1n) is 14.0. The monoisotopic (exact) mass is 523 g/mol. The van der Waals surface area contributed by atoms with Crippen LogP contribution in [0.15, 0.2) is 36.5 Å². The van der Waals surface area contributed by atoms with E-state index in [0.717, 1.165) is 55.4 Å². The van der Waals surface area contributed by atoms with E-state index in [1.54, 1.807) is 12.1 Å². The summed E-state index contributed by atoms with van der Waals surface area (Å²) in [5.74, 6) is -0.114. The molecule has 7 nitrogen and oxygen atoms in total. The second-order valence-electron chi connectivity index (χ2n) is 12.2. The molecule has 0 bridgehead atoms. The molecule has 1 N–H and O–H groups in total. The molecule has 0 unspecified atom stereocenters. The van der Waals surface area contributed by atoms with Gasteiger partial charge in [0.05, 0.1) is 31.1 Å². The lowest BCUT2D eigenvalue weighted by atomic mass is 9.91. The lowest BCUT2D eigenvalue weighted by Crippen LogP contribution is -2.63. The SMILES string of the molecule is C[C@@H]1CN(CC(=O)N2CC(C)(C)c3ncc(Cc4ccc(F)cc4)cc32)[C@@H](CN2[C@H](C)COC[C@H]2C)CN1. The summed E-state index contributed by atoms with van der Waals surface area (Å²) in [7, 11) is 0. The lowest BCUT2D eigenvalue weighted by molar-refractivity contribution is -0.121. The third-order valence-corrected chi connectivity index (χ3v) is 8.37. The molecule has 1 amide bonds. The number of morpholine rings is 1. The molecular formula is C30H42FN5O2. The zero-order chi connectivity index (χ0) is 27.0. The minimum atomic E-state index is -0.238. The Balaban J connectivity index is 1.33. The maximum atomic E-state index is 13.9. The number of piperazine rings is 1. The molecule has 206 valence electrons.